The van der Waals surface area contributed by atoms with Crippen molar-refractivity contribution in [2.45, 2.75) is 31.7 Å². The lowest BCUT2D eigenvalue weighted by Crippen LogP contribution is -2.40. The quantitative estimate of drug-likeness (QED) is 0.475. The first kappa shape index (κ1) is 13.6. The van der Waals surface area contributed by atoms with E-state index in [-0.39, 0.29) is 23.7 Å². The molecule has 110 valence electrons. The molecule has 0 radical (unpaired) electrons. The Kier molecular flexibility index (Phi) is 3.78. The van der Waals surface area contributed by atoms with Crippen molar-refractivity contribution in [2.24, 2.45) is 23.7 Å². The fourth-order valence-corrected chi connectivity index (χ4v) is 3.53. The fraction of sp³-hybridized carbons (Fsp3) is 0.733. The molecule has 2 saturated carbocycles. The van der Waals surface area contributed by atoms with Gasteiger partial charge >= 0.3 is 5.97 Å². The number of amides is 1. The van der Waals surface area contributed by atoms with Gasteiger partial charge in [0.25, 0.3) is 0 Å². The first-order valence-corrected chi connectivity index (χ1v) is 7.59. The van der Waals surface area contributed by atoms with Gasteiger partial charge in [0.2, 0.25) is 5.91 Å². The first-order chi connectivity index (χ1) is 9.66. The Hall–Kier alpha value is -1.36. The number of aliphatic carboxylic acids is 1. The van der Waals surface area contributed by atoms with Crippen molar-refractivity contribution in [3.05, 3.63) is 12.2 Å². The molecule has 3 N–H and O–H groups in total. The molecule has 4 atom stereocenters. The van der Waals surface area contributed by atoms with Crippen LogP contribution in [-0.2, 0) is 9.59 Å². The van der Waals surface area contributed by atoms with Crippen molar-refractivity contribution in [1.82, 2.24) is 10.6 Å². The topological polar surface area (TPSA) is 78.4 Å². The van der Waals surface area contributed by atoms with Gasteiger partial charge in [-0.3, -0.25) is 9.59 Å². The molecule has 20 heavy (non-hydrogen) atoms. The van der Waals surface area contributed by atoms with E-state index in [1.165, 1.54) is 12.8 Å². The van der Waals surface area contributed by atoms with Gasteiger partial charge in [0, 0.05) is 12.6 Å². The lowest BCUT2D eigenvalue weighted by molar-refractivity contribution is -0.147. The smallest absolute Gasteiger partial charge is 0.307 e. The number of hydrogen-bond acceptors (Lipinski definition) is 3. The monoisotopic (exact) mass is 278 g/mol. The summed E-state index contributed by atoms with van der Waals surface area (Å²) in [7, 11) is 0. The van der Waals surface area contributed by atoms with E-state index in [0.717, 1.165) is 19.4 Å². The average Bonchev–Trinajstić information content (AvgIpc) is 3.01. The molecular formula is C15H22N2O3. The number of carbonyl (C=O) groups is 2. The van der Waals surface area contributed by atoms with Crippen LogP contribution in [0.2, 0.25) is 0 Å². The summed E-state index contributed by atoms with van der Waals surface area (Å²) < 4.78 is 0. The molecule has 0 aromatic rings. The molecule has 5 nitrogen and oxygen atoms in total. The van der Waals surface area contributed by atoms with E-state index in [1.807, 2.05) is 12.2 Å². The average molecular weight is 278 g/mol. The minimum atomic E-state index is -0.836. The van der Waals surface area contributed by atoms with Crippen molar-refractivity contribution in [3.63, 3.8) is 0 Å². The third kappa shape index (κ3) is 2.73. The number of allylic oxidation sites excluding steroid dienone is 2. The van der Waals surface area contributed by atoms with E-state index in [1.54, 1.807) is 0 Å². The minimum absolute atomic E-state index is 0.0461. The standard InChI is InChI=1S/C15H22N2O3/c18-14(17-7-1-6-16-11-4-5-11)12-9-2-3-10(8-9)13(12)15(19)20/h2-3,9-13,16H,1,4-8H2,(H,17,18)(H,19,20). The number of carboxylic acids is 1. The summed E-state index contributed by atoms with van der Waals surface area (Å²) in [4.78, 5) is 23.6. The highest BCUT2D eigenvalue weighted by Gasteiger charge is 2.51. The molecular weight excluding hydrogens is 256 g/mol. The van der Waals surface area contributed by atoms with Gasteiger partial charge in [-0.25, -0.2) is 0 Å². The maximum atomic E-state index is 12.2. The van der Waals surface area contributed by atoms with Crippen molar-refractivity contribution < 1.29 is 14.7 Å². The highest BCUT2D eigenvalue weighted by Crippen LogP contribution is 2.48. The second-order valence-electron chi connectivity index (χ2n) is 6.21. The summed E-state index contributed by atoms with van der Waals surface area (Å²) >= 11 is 0. The molecule has 3 rings (SSSR count). The predicted octanol–water partition coefficient (Wildman–Crippen LogP) is 0.768. The summed E-state index contributed by atoms with van der Waals surface area (Å²) in [6.45, 7) is 1.55. The highest BCUT2D eigenvalue weighted by atomic mass is 16.4. The molecule has 3 aliphatic rings. The zero-order valence-corrected chi connectivity index (χ0v) is 11.5. The molecule has 0 aromatic heterocycles. The van der Waals surface area contributed by atoms with Gasteiger partial charge in [-0.05, 0) is 44.1 Å². The lowest BCUT2D eigenvalue weighted by Gasteiger charge is -2.23. The van der Waals surface area contributed by atoms with E-state index < -0.39 is 11.9 Å². The first-order valence-electron chi connectivity index (χ1n) is 7.59. The molecule has 2 fully saturated rings. The van der Waals surface area contributed by atoms with Crippen molar-refractivity contribution in [2.75, 3.05) is 13.1 Å². The van der Waals surface area contributed by atoms with Crippen LogP contribution in [0.15, 0.2) is 12.2 Å². The van der Waals surface area contributed by atoms with Crippen LogP contribution in [0.5, 0.6) is 0 Å². The molecule has 5 heteroatoms. The van der Waals surface area contributed by atoms with E-state index in [0.29, 0.717) is 12.6 Å². The lowest BCUT2D eigenvalue weighted by atomic mass is 9.82. The Morgan fingerprint density at radius 1 is 1.10 bits per heavy atom. The van der Waals surface area contributed by atoms with Gasteiger partial charge in [0.1, 0.15) is 0 Å². The van der Waals surface area contributed by atoms with Crippen LogP contribution in [0.4, 0.5) is 0 Å². The third-order valence-electron chi connectivity index (χ3n) is 4.71. The summed E-state index contributed by atoms with van der Waals surface area (Å²) in [5, 5.41) is 15.6. The van der Waals surface area contributed by atoms with E-state index in [2.05, 4.69) is 10.6 Å². The molecule has 0 aliphatic heterocycles. The third-order valence-corrected chi connectivity index (χ3v) is 4.71. The highest BCUT2D eigenvalue weighted by molar-refractivity contribution is 5.86. The molecule has 0 heterocycles. The van der Waals surface area contributed by atoms with Crippen LogP contribution in [0, 0.1) is 23.7 Å². The van der Waals surface area contributed by atoms with Gasteiger partial charge in [-0.2, -0.15) is 0 Å². The zero-order valence-electron chi connectivity index (χ0n) is 11.5. The Labute approximate surface area is 118 Å². The second-order valence-corrected chi connectivity index (χ2v) is 6.21. The van der Waals surface area contributed by atoms with Gasteiger partial charge in [-0.1, -0.05) is 12.2 Å². The Morgan fingerprint density at radius 2 is 1.80 bits per heavy atom. The Balaban J connectivity index is 1.46. The molecule has 0 aromatic carbocycles. The molecule has 3 aliphatic carbocycles. The van der Waals surface area contributed by atoms with Crippen molar-refractivity contribution >= 4 is 11.9 Å². The Morgan fingerprint density at radius 3 is 2.45 bits per heavy atom. The van der Waals surface area contributed by atoms with Crippen LogP contribution >= 0.6 is 0 Å². The number of carboxylic acid groups (broad SMARTS) is 1. The molecule has 4 unspecified atom stereocenters. The normalized spacial score (nSPS) is 34.4. The van der Waals surface area contributed by atoms with Gasteiger partial charge < -0.3 is 15.7 Å². The van der Waals surface area contributed by atoms with Crippen LogP contribution < -0.4 is 10.6 Å². The van der Waals surface area contributed by atoms with Gasteiger partial charge in [0.05, 0.1) is 11.8 Å². The van der Waals surface area contributed by atoms with Crippen molar-refractivity contribution in [3.8, 4) is 0 Å². The van der Waals surface area contributed by atoms with Crippen LogP contribution in [0.1, 0.15) is 25.7 Å². The Bertz CT molecular complexity index is 431. The maximum absolute atomic E-state index is 12.2. The van der Waals surface area contributed by atoms with Crippen LogP contribution in [-0.4, -0.2) is 36.1 Å². The van der Waals surface area contributed by atoms with E-state index >= 15 is 0 Å². The summed E-state index contributed by atoms with van der Waals surface area (Å²) in [6, 6.07) is 0.692. The zero-order chi connectivity index (χ0) is 14.1. The maximum Gasteiger partial charge on any atom is 0.307 e. The van der Waals surface area contributed by atoms with Gasteiger partial charge in [-0.15, -0.1) is 0 Å². The second kappa shape index (κ2) is 5.56. The fourth-order valence-electron chi connectivity index (χ4n) is 3.53. The molecule has 0 spiro atoms. The van der Waals surface area contributed by atoms with E-state index in [9.17, 15) is 14.7 Å². The van der Waals surface area contributed by atoms with Crippen molar-refractivity contribution in [1.29, 1.82) is 0 Å². The predicted molar refractivity (Wildman–Crippen MR) is 74.0 cm³/mol. The minimum Gasteiger partial charge on any atom is -0.481 e. The SMILES string of the molecule is O=C(O)C1C2C=CC(C2)C1C(=O)NCCCNC1CC1. The van der Waals surface area contributed by atoms with E-state index in [4.69, 9.17) is 0 Å². The number of carbonyl (C=O) groups excluding carboxylic acids is 1. The number of fused-ring (bicyclic) bond motifs is 2. The van der Waals surface area contributed by atoms with Crippen LogP contribution in [0.25, 0.3) is 0 Å². The summed E-state index contributed by atoms with van der Waals surface area (Å²) in [6.07, 6.45) is 8.24. The van der Waals surface area contributed by atoms with Gasteiger partial charge in [0.15, 0.2) is 0 Å². The molecule has 2 bridgehead atoms. The largest absolute Gasteiger partial charge is 0.481 e. The number of hydrogen-bond donors (Lipinski definition) is 3. The summed E-state index contributed by atoms with van der Waals surface area (Å²) in [5.41, 5.74) is 0. The molecule has 1 amide bonds. The molecule has 0 saturated heterocycles. The summed E-state index contributed by atoms with van der Waals surface area (Å²) in [5.74, 6) is -1.66. The van der Waals surface area contributed by atoms with Crippen LogP contribution in [0.3, 0.4) is 0 Å². The number of nitrogens with one attached hydrogen (secondary N) is 2. The number of rotatable bonds is 7.